The SMILES string of the molecule is CN(C)Cc1n[nH]nc1Cc1cccc(OCCc2cc(C(F)(F)F)cc(C(F)(F)F)c2)c1. The zero-order valence-electron chi connectivity index (χ0n) is 17.9. The van der Waals surface area contributed by atoms with Crippen molar-refractivity contribution in [3.63, 3.8) is 0 Å². The fourth-order valence-electron chi connectivity index (χ4n) is 3.23. The number of halogens is 6. The number of nitrogens with one attached hydrogen (secondary N) is 1. The first kappa shape index (κ1) is 24.6. The third kappa shape index (κ3) is 6.95. The van der Waals surface area contributed by atoms with Crippen molar-refractivity contribution in [2.24, 2.45) is 0 Å². The highest BCUT2D eigenvalue weighted by atomic mass is 19.4. The van der Waals surface area contributed by atoms with Gasteiger partial charge in [-0.3, -0.25) is 0 Å². The standard InChI is InChI=1S/C22H22F6N4O/c1-32(2)13-20-19(29-31-30-20)11-14-4-3-5-18(10-14)33-7-6-15-8-16(21(23,24)25)12-17(9-15)22(26,27)28/h3-5,8-10,12H,6-7,11,13H2,1-2H3,(H,29,30,31). The van der Waals surface area contributed by atoms with Gasteiger partial charge in [0.25, 0.3) is 0 Å². The van der Waals surface area contributed by atoms with Crippen molar-refractivity contribution in [2.75, 3.05) is 20.7 Å². The number of aromatic amines is 1. The summed E-state index contributed by atoms with van der Waals surface area (Å²) < 4.78 is 83.7. The third-order valence-electron chi connectivity index (χ3n) is 4.75. The second-order valence-electron chi connectivity index (χ2n) is 7.79. The van der Waals surface area contributed by atoms with Gasteiger partial charge in [-0.05, 0) is 55.6 Å². The average Bonchev–Trinajstić information content (AvgIpc) is 3.12. The van der Waals surface area contributed by atoms with E-state index in [1.54, 1.807) is 18.2 Å². The topological polar surface area (TPSA) is 54.0 Å². The number of alkyl halides is 6. The Bertz CT molecular complexity index is 1040. The predicted molar refractivity (Wildman–Crippen MR) is 109 cm³/mol. The summed E-state index contributed by atoms with van der Waals surface area (Å²) in [4.78, 5) is 1.96. The van der Waals surface area contributed by atoms with Crippen molar-refractivity contribution in [3.05, 3.63) is 76.1 Å². The quantitative estimate of drug-likeness (QED) is 0.463. The molecule has 0 bridgehead atoms. The molecule has 0 amide bonds. The average molecular weight is 472 g/mol. The molecule has 2 aromatic carbocycles. The second kappa shape index (κ2) is 9.82. The Hall–Kier alpha value is -3.08. The lowest BCUT2D eigenvalue weighted by atomic mass is 10.0. The summed E-state index contributed by atoms with van der Waals surface area (Å²) in [6, 6.07) is 8.58. The van der Waals surface area contributed by atoms with E-state index in [-0.39, 0.29) is 24.7 Å². The summed E-state index contributed by atoms with van der Waals surface area (Å²) in [6.45, 7) is 0.525. The number of ether oxygens (including phenoxy) is 1. The van der Waals surface area contributed by atoms with Crippen LogP contribution < -0.4 is 4.74 Å². The zero-order chi connectivity index (χ0) is 24.2. The number of aromatic nitrogens is 3. The van der Waals surface area contributed by atoms with Crippen LogP contribution in [0.4, 0.5) is 26.3 Å². The van der Waals surface area contributed by atoms with Crippen LogP contribution in [0.3, 0.4) is 0 Å². The molecule has 0 aliphatic carbocycles. The van der Waals surface area contributed by atoms with Gasteiger partial charge in [-0.1, -0.05) is 12.1 Å². The molecule has 0 fully saturated rings. The Morgan fingerprint density at radius 1 is 0.848 bits per heavy atom. The maximum absolute atomic E-state index is 13.0. The van der Waals surface area contributed by atoms with Gasteiger partial charge in [-0.15, -0.1) is 0 Å². The Labute approximate surface area is 186 Å². The van der Waals surface area contributed by atoms with Crippen LogP contribution in [0, 0.1) is 0 Å². The summed E-state index contributed by atoms with van der Waals surface area (Å²) in [5.74, 6) is 0.452. The molecule has 3 rings (SSSR count). The highest BCUT2D eigenvalue weighted by Crippen LogP contribution is 2.36. The number of hydrogen-bond acceptors (Lipinski definition) is 4. The fraction of sp³-hybridized carbons (Fsp3) is 0.364. The van der Waals surface area contributed by atoms with Crippen LogP contribution in [0.5, 0.6) is 5.75 Å². The Kier molecular flexibility index (Phi) is 7.31. The Morgan fingerprint density at radius 3 is 2.09 bits per heavy atom. The minimum Gasteiger partial charge on any atom is -0.493 e. The smallest absolute Gasteiger partial charge is 0.416 e. The van der Waals surface area contributed by atoms with E-state index < -0.39 is 23.5 Å². The van der Waals surface area contributed by atoms with Crippen molar-refractivity contribution >= 4 is 0 Å². The van der Waals surface area contributed by atoms with E-state index in [9.17, 15) is 26.3 Å². The summed E-state index contributed by atoms with van der Waals surface area (Å²) in [6.07, 6.45) is -9.39. The normalized spacial score (nSPS) is 12.4. The highest BCUT2D eigenvalue weighted by molar-refractivity contribution is 5.34. The number of hydrogen-bond donors (Lipinski definition) is 1. The van der Waals surface area contributed by atoms with Gasteiger partial charge >= 0.3 is 12.4 Å². The monoisotopic (exact) mass is 472 g/mol. The molecule has 0 unspecified atom stereocenters. The molecular formula is C22H22F6N4O. The van der Waals surface area contributed by atoms with Crippen molar-refractivity contribution < 1.29 is 31.1 Å². The van der Waals surface area contributed by atoms with Gasteiger partial charge in [0.2, 0.25) is 0 Å². The molecule has 0 aliphatic heterocycles. The largest absolute Gasteiger partial charge is 0.493 e. The third-order valence-corrected chi connectivity index (χ3v) is 4.75. The van der Waals surface area contributed by atoms with Gasteiger partial charge in [0.1, 0.15) is 5.75 Å². The van der Waals surface area contributed by atoms with E-state index in [4.69, 9.17) is 4.74 Å². The second-order valence-corrected chi connectivity index (χ2v) is 7.79. The molecule has 1 N–H and O–H groups in total. The predicted octanol–water partition coefficient (Wildman–Crippen LogP) is 5.12. The maximum atomic E-state index is 13.0. The molecule has 0 spiro atoms. The Balaban J connectivity index is 1.68. The minimum absolute atomic E-state index is 0.0854. The number of benzene rings is 2. The van der Waals surface area contributed by atoms with Gasteiger partial charge in [-0.2, -0.15) is 41.8 Å². The van der Waals surface area contributed by atoms with Crippen molar-refractivity contribution in [1.82, 2.24) is 20.3 Å². The molecule has 5 nitrogen and oxygen atoms in total. The van der Waals surface area contributed by atoms with Crippen LogP contribution in [-0.2, 0) is 31.7 Å². The first-order valence-corrected chi connectivity index (χ1v) is 9.95. The molecule has 3 aromatic rings. The lowest BCUT2D eigenvalue weighted by Gasteiger charge is -2.14. The minimum atomic E-state index is -4.88. The van der Waals surface area contributed by atoms with Crippen molar-refractivity contribution in [1.29, 1.82) is 0 Å². The lowest BCUT2D eigenvalue weighted by Crippen LogP contribution is -2.13. The Morgan fingerprint density at radius 2 is 1.48 bits per heavy atom. The molecule has 178 valence electrons. The summed E-state index contributed by atoms with van der Waals surface area (Å²) >= 11 is 0. The van der Waals surface area contributed by atoms with Gasteiger partial charge in [0.15, 0.2) is 0 Å². The molecule has 0 atom stereocenters. The fourth-order valence-corrected chi connectivity index (χ4v) is 3.23. The molecule has 33 heavy (non-hydrogen) atoms. The first-order chi connectivity index (χ1) is 15.4. The first-order valence-electron chi connectivity index (χ1n) is 9.95. The highest BCUT2D eigenvalue weighted by Gasteiger charge is 2.36. The number of H-pyrrole nitrogens is 1. The van der Waals surface area contributed by atoms with Crippen LogP contribution >= 0.6 is 0 Å². The van der Waals surface area contributed by atoms with E-state index in [1.165, 1.54) is 0 Å². The van der Waals surface area contributed by atoms with Crippen molar-refractivity contribution in [2.45, 2.75) is 31.7 Å². The van der Waals surface area contributed by atoms with Crippen LogP contribution in [-0.4, -0.2) is 41.0 Å². The molecule has 1 aromatic heterocycles. The van der Waals surface area contributed by atoms with E-state index in [1.807, 2.05) is 25.1 Å². The summed E-state index contributed by atoms with van der Waals surface area (Å²) in [5.41, 5.74) is -0.337. The van der Waals surface area contributed by atoms with Crippen molar-refractivity contribution in [3.8, 4) is 5.75 Å². The van der Waals surface area contributed by atoms with E-state index in [0.29, 0.717) is 30.8 Å². The van der Waals surface area contributed by atoms with Gasteiger partial charge < -0.3 is 9.64 Å². The zero-order valence-corrected chi connectivity index (χ0v) is 17.9. The van der Waals surface area contributed by atoms with Crippen LogP contribution in [0.15, 0.2) is 42.5 Å². The molecular weight excluding hydrogens is 450 g/mol. The summed E-state index contributed by atoms with van der Waals surface area (Å²) in [7, 11) is 3.82. The molecule has 1 heterocycles. The molecule has 0 aliphatic rings. The lowest BCUT2D eigenvalue weighted by molar-refractivity contribution is -0.143. The van der Waals surface area contributed by atoms with E-state index in [2.05, 4.69) is 15.4 Å². The maximum Gasteiger partial charge on any atom is 0.416 e. The van der Waals surface area contributed by atoms with Crippen LogP contribution in [0.2, 0.25) is 0 Å². The molecule has 11 heteroatoms. The van der Waals surface area contributed by atoms with Gasteiger partial charge in [-0.25, -0.2) is 0 Å². The molecule has 0 radical (unpaired) electrons. The van der Waals surface area contributed by atoms with E-state index in [0.717, 1.165) is 17.0 Å². The van der Waals surface area contributed by atoms with Gasteiger partial charge in [0.05, 0.1) is 29.1 Å². The number of rotatable bonds is 8. The van der Waals surface area contributed by atoms with Crippen LogP contribution in [0.25, 0.3) is 0 Å². The van der Waals surface area contributed by atoms with Crippen LogP contribution in [0.1, 0.15) is 33.6 Å². The molecule has 0 saturated carbocycles. The molecule has 0 saturated heterocycles. The van der Waals surface area contributed by atoms with E-state index >= 15 is 0 Å². The number of nitrogens with zero attached hydrogens (tertiary/aromatic N) is 3. The van der Waals surface area contributed by atoms with Gasteiger partial charge in [0, 0.05) is 19.4 Å². The summed E-state index contributed by atoms with van der Waals surface area (Å²) in [5, 5.41) is 10.9.